The lowest BCUT2D eigenvalue weighted by Gasteiger charge is -2.14. The molecule has 4 heteroatoms. The second-order valence-corrected chi connectivity index (χ2v) is 4.17. The minimum Gasteiger partial charge on any atom is -0.387 e. The van der Waals surface area contributed by atoms with E-state index in [9.17, 15) is 9.90 Å². The van der Waals surface area contributed by atoms with Gasteiger partial charge in [-0.1, -0.05) is 30.3 Å². The van der Waals surface area contributed by atoms with E-state index in [1.165, 1.54) is 0 Å². The van der Waals surface area contributed by atoms with Crippen LogP contribution in [0.25, 0.3) is 0 Å². The number of carbonyl (C=O) groups excluding carboxylic acids is 1. The summed E-state index contributed by atoms with van der Waals surface area (Å²) >= 11 is 0. The molecule has 1 unspecified atom stereocenters. The Balaban J connectivity index is 1.80. The smallest absolute Gasteiger partial charge is 0.249 e. The molecule has 0 saturated carbocycles. The first-order valence-electron chi connectivity index (χ1n) is 5.89. The zero-order valence-corrected chi connectivity index (χ0v) is 9.63. The first-order valence-corrected chi connectivity index (χ1v) is 5.89. The molecule has 1 aromatic carbocycles. The second kappa shape index (κ2) is 5.80. The molecule has 1 aliphatic rings. The van der Waals surface area contributed by atoms with Crippen LogP contribution in [0, 0.1) is 0 Å². The van der Waals surface area contributed by atoms with E-state index in [1.807, 2.05) is 30.3 Å². The molecule has 0 radical (unpaired) electrons. The van der Waals surface area contributed by atoms with Gasteiger partial charge in [0.15, 0.2) is 0 Å². The first-order chi connectivity index (χ1) is 8.27. The van der Waals surface area contributed by atoms with Crippen molar-refractivity contribution in [3.05, 3.63) is 35.9 Å². The van der Waals surface area contributed by atoms with Crippen LogP contribution in [0.4, 0.5) is 0 Å². The van der Waals surface area contributed by atoms with Gasteiger partial charge in [0.2, 0.25) is 5.91 Å². The Hall–Kier alpha value is -1.39. The summed E-state index contributed by atoms with van der Waals surface area (Å²) in [4.78, 5) is 11.6. The molecule has 0 aliphatic carbocycles. The third-order valence-electron chi connectivity index (χ3n) is 2.88. The van der Waals surface area contributed by atoms with Crippen LogP contribution >= 0.6 is 0 Å². The number of hydrogen-bond acceptors (Lipinski definition) is 3. The van der Waals surface area contributed by atoms with Crippen LogP contribution in [0.15, 0.2) is 30.3 Å². The van der Waals surface area contributed by atoms with Gasteiger partial charge in [-0.05, 0) is 18.4 Å². The highest BCUT2D eigenvalue weighted by Crippen LogP contribution is 2.13. The highest BCUT2D eigenvalue weighted by Gasteiger charge is 2.23. The fourth-order valence-electron chi connectivity index (χ4n) is 1.89. The van der Waals surface area contributed by atoms with Crippen LogP contribution in [-0.4, -0.2) is 30.3 Å². The number of aliphatic hydroxyl groups is 1. The predicted octanol–water partition coefficient (Wildman–Crippen LogP) is 1.02. The van der Waals surface area contributed by atoms with Crippen LogP contribution in [0.2, 0.25) is 0 Å². The third-order valence-corrected chi connectivity index (χ3v) is 2.88. The van der Waals surface area contributed by atoms with Crippen molar-refractivity contribution >= 4 is 5.91 Å². The van der Waals surface area contributed by atoms with Crippen molar-refractivity contribution in [3.8, 4) is 0 Å². The molecule has 1 aliphatic heterocycles. The molecule has 17 heavy (non-hydrogen) atoms. The molecule has 92 valence electrons. The minimum atomic E-state index is -0.665. The zero-order valence-electron chi connectivity index (χ0n) is 9.63. The zero-order chi connectivity index (χ0) is 12.1. The van der Waals surface area contributed by atoms with E-state index in [0.717, 1.165) is 18.4 Å². The van der Waals surface area contributed by atoms with Gasteiger partial charge in [-0.15, -0.1) is 0 Å². The first kappa shape index (κ1) is 12.1. The van der Waals surface area contributed by atoms with Crippen LogP contribution in [0.3, 0.4) is 0 Å². The lowest BCUT2D eigenvalue weighted by atomic mass is 10.1. The number of hydrogen-bond donors (Lipinski definition) is 2. The van der Waals surface area contributed by atoms with Gasteiger partial charge in [-0.25, -0.2) is 0 Å². The summed E-state index contributed by atoms with van der Waals surface area (Å²) in [5.41, 5.74) is 0.806. The Morgan fingerprint density at radius 3 is 2.88 bits per heavy atom. The maximum Gasteiger partial charge on any atom is 0.249 e. The summed E-state index contributed by atoms with van der Waals surface area (Å²) < 4.78 is 5.26. The van der Waals surface area contributed by atoms with Gasteiger partial charge in [-0.2, -0.15) is 0 Å². The Kier molecular flexibility index (Phi) is 4.12. The van der Waals surface area contributed by atoms with Crippen molar-refractivity contribution in [2.45, 2.75) is 25.0 Å². The SMILES string of the molecule is O=C(NCC(O)c1ccccc1)[C@@H]1CCCO1. The molecule has 4 nitrogen and oxygen atoms in total. The molecule has 0 spiro atoms. The van der Waals surface area contributed by atoms with Crippen LogP contribution in [-0.2, 0) is 9.53 Å². The van der Waals surface area contributed by atoms with Crippen molar-refractivity contribution in [2.75, 3.05) is 13.2 Å². The molecule has 2 N–H and O–H groups in total. The number of amides is 1. The standard InChI is InChI=1S/C13H17NO3/c15-11(10-5-2-1-3-6-10)9-14-13(16)12-7-4-8-17-12/h1-3,5-6,11-12,15H,4,7-9H2,(H,14,16)/t11?,12-/m0/s1. The summed E-state index contributed by atoms with van der Waals surface area (Å²) in [5.74, 6) is -0.127. The Bertz CT molecular complexity index is 360. The summed E-state index contributed by atoms with van der Waals surface area (Å²) in [6.45, 7) is 0.877. The van der Waals surface area contributed by atoms with E-state index in [4.69, 9.17) is 4.74 Å². The quantitative estimate of drug-likeness (QED) is 0.819. The third kappa shape index (κ3) is 3.28. The number of nitrogens with one attached hydrogen (secondary N) is 1. The van der Waals surface area contributed by atoms with Crippen LogP contribution in [0.1, 0.15) is 24.5 Å². The van der Waals surface area contributed by atoms with Gasteiger partial charge in [0, 0.05) is 13.2 Å². The van der Waals surface area contributed by atoms with Crippen molar-refractivity contribution in [3.63, 3.8) is 0 Å². The molecule has 2 rings (SSSR count). The fourth-order valence-corrected chi connectivity index (χ4v) is 1.89. The van der Waals surface area contributed by atoms with Crippen molar-refractivity contribution in [2.24, 2.45) is 0 Å². The van der Waals surface area contributed by atoms with Gasteiger partial charge >= 0.3 is 0 Å². The number of carbonyl (C=O) groups is 1. The van der Waals surface area contributed by atoms with Gasteiger partial charge < -0.3 is 15.2 Å². The van der Waals surface area contributed by atoms with Crippen LogP contribution < -0.4 is 5.32 Å². The number of benzene rings is 1. The van der Waals surface area contributed by atoms with Crippen molar-refractivity contribution in [1.82, 2.24) is 5.32 Å². The molecular weight excluding hydrogens is 218 g/mol. The van der Waals surface area contributed by atoms with Gasteiger partial charge in [0.25, 0.3) is 0 Å². The Labute approximate surface area is 101 Å². The lowest BCUT2D eigenvalue weighted by molar-refractivity contribution is -0.130. The van der Waals surface area contributed by atoms with E-state index in [1.54, 1.807) is 0 Å². The largest absolute Gasteiger partial charge is 0.387 e. The average Bonchev–Trinajstić information content (AvgIpc) is 2.90. The van der Waals surface area contributed by atoms with Gasteiger partial charge in [-0.3, -0.25) is 4.79 Å². The molecule has 0 bridgehead atoms. The number of aliphatic hydroxyl groups excluding tert-OH is 1. The fraction of sp³-hybridized carbons (Fsp3) is 0.462. The minimum absolute atomic E-state index is 0.127. The highest BCUT2D eigenvalue weighted by molar-refractivity contribution is 5.80. The Morgan fingerprint density at radius 1 is 1.47 bits per heavy atom. The average molecular weight is 235 g/mol. The van der Waals surface area contributed by atoms with Crippen molar-refractivity contribution in [1.29, 1.82) is 0 Å². The van der Waals surface area contributed by atoms with E-state index in [-0.39, 0.29) is 18.6 Å². The number of rotatable bonds is 4. The predicted molar refractivity (Wildman–Crippen MR) is 63.4 cm³/mol. The molecule has 0 aromatic heterocycles. The summed E-state index contributed by atoms with van der Waals surface area (Å²) in [6.07, 6.45) is 0.701. The molecule has 1 aromatic rings. The molecule has 1 saturated heterocycles. The lowest BCUT2D eigenvalue weighted by Crippen LogP contribution is -2.36. The number of ether oxygens (including phenoxy) is 1. The van der Waals surface area contributed by atoms with Crippen LogP contribution in [0.5, 0.6) is 0 Å². The normalized spacial score (nSPS) is 21.1. The molecular formula is C13H17NO3. The van der Waals surface area contributed by atoms with E-state index in [2.05, 4.69) is 5.32 Å². The molecule has 1 fully saturated rings. The molecule has 1 amide bonds. The van der Waals surface area contributed by atoms with Crippen molar-refractivity contribution < 1.29 is 14.6 Å². The molecule has 2 atom stereocenters. The van der Waals surface area contributed by atoms with E-state index in [0.29, 0.717) is 6.61 Å². The van der Waals surface area contributed by atoms with Gasteiger partial charge in [0.05, 0.1) is 6.10 Å². The maximum absolute atomic E-state index is 11.6. The summed E-state index contributed by atoms with van der Waals surface area (Å²) in [7, 11) is 0. The topological polar surface area (TPSA) is 58.6 Å². The maximum atomic E-state index is 11.6. The van der Waals surface area contributed by atoms with E-state index >= 15 is 0 Å². The summed E-state index contributed by atoms with van der Waals surface area (Å²) in [6, 6.07) is 9.29. The summed E-state index contributed by atoms with van der Waals surface area (Å²) in [5, 5.41) is 12.6. The monoisotopic (exact) mass is 235 g/mol. The van der Waals surface area contributed by atoms with E-state index < -0.39 is 6.10 Å². The second-order valence-electron chi connectivity index (χ2n) is 4.17. The van der Waals surface area contributed by atoms with Gasteiger partial charge in [0.1, 0.15) is 6.10 Å². The highest BCUT2D eigenvalue weighted by atomic mass is 16.5. The Morgan fingerprint density at radius 2 is 2.24 bits per heavy atom. The molecule has 1 heterocycles.